The van der Waals surface area contributed by atoms with E-state index in [4.69, 9.17) is 10.7 Å². The summed E-state index contributed by atoms with van der Waals surface area (Å²) in [5.41, 5.74) is -1.19. The maximum atomic E-state index is 13.6. The number of benzene rings is 1. The maximum Gasteiger partial charge on any atom is 0.264 e. The van der Waals surface area contributed by atoms with Crippen molar-refractivity contribution in [2.24, 2.45) is 0 Å². The van der Waals surface area contributed by atoms with Gasteiger partial charge in [0.05, 0.1) is 5.56 Å². The number of carbonyl (C=O) groups excluding carboxylic acids is 1. The molecule has 0 radical (unpaired) electrons. The molecule has 0 aliphatic rings. The second kappa shape index (κ2) is 5.65. The fourth-order valence-electron chi connectivity index (χ4n) is 1.35. The summed E-state index contributed by atoms with van der Waals surface area (Å²) in [6, 6.07) is 0.914. The van der Waals surface area contributed by atoms with Crippen LogP contribution in [0.25, 0.3) is 0 Å². The molecule has 0 aliphatic heterocycles. The van der Waals surface area contributed by atoms with Crippen LogP contribution in [0.1, 0.15) is 37.6 Å². The second-order valence-corrected chi connectivity index (χ2v) is 7.43. The predicted octanol–water partition coefficient (Wildman–Crippen LogP) is 2.81. The first-order valence-corrected chi connectivity index (χ1v) is 8.05. The standard InChI is InChI=1S/C12H14ClF2NO3S/c1-4-12(2,3)16-11(17)7-5-10(20(13,18)19)9(15)6-8(7)14/h5-6H,4H2,1-3H3,(H,16,17). The molecule has 8 heteroatoms. The molecule has 1 aromatic carbocycles. The number of nitrogens with one attached hydrogen (secondary N) is 1. The molecule has 0 spiro atoms. The van der Waals surface area contributed by atoms with Gasteiger partial charge in [0, 0.05) is 22.3 Å². The molecule has 112 valence electrons. The van der Waals surface area contributed by atoms with Gasteiger partial charge in [0.15, 0.2) is 0 Å². The minimum atomic E-state index is -4.40. The molecule has 0 aromatic heterocycles. The van der Waals surface area contributed by atoms with E-state index in [2.05, 4.69) is 5.32 Å². The summed E-state index contributed by atoms with van der Waals surface area (Å²) in [4.78, 5) is 11.0. The highest BCUT2D eigenvalue weighted by atomic mass is 35.7. The van der Waals surface area contributed by atoms with E-state index in [1.54, 1.807) is 13.8 Å². The van der Waals surface area contributed by atoms with Crippen molar-refractivity contribution in [1.29, 1.82) is 0 Å². The van der Waals surface area contributed by atoms with Gasteiger partial charge in [0.2, 0.25) is 0 Å². The van der Waals surface area contributed by atoms with Crippen LogP contribution in [0.2, 0.25) is 0 Å². The summed E-state index contributed by atoms with van der Waals surface area (Å²) in [6.45, 7) is 5.24. The number of amides is 1. The Hall–Kier alpha value is -1.21. The van der Waals surface area contributed by atoms with E-state index in [-0.39, 0.29) is 0 Å². The summed E-state index contributed by atoms with van der Waals surface area (Å²) < 4.78 is 49.3. The molecule has 0 unspecified atom stereocenters. The Kier molecular flexibility index (Phi) is 4.76. The second-order valence-electron chi connectivity index (χ2n) is 4.89. The average molecular weight is 326 g/mol. The van der Waals surface area contributed by atoms with Crippen LogP contribution in [0.15, 0.2) is 17.0 Å². The highest BCUT2D eigenvalue weighted by molar-refractivity contribution is 8.13. The fourth-order valence-corrected chi connectivity index (χ4v) is 2.26. The van der Waals surface area contributed by atoms with Crippen molar-refractivity contribution in [3.05, 3.63) is 29.3 Å². The van der Waals surface area contributed by atoms with Crippen LogP contribution in [-0.4, -0.2) is 19.9 Å². The zero-order chi connectivity index (χ0) is 15.7. The van der Waals surface area contributed by atoms with Gasteiger partial charge in [0.1, 0.15) is 16.5 Å². The van der Waals surface area contributed by atoms with Crippen molar-refractivity contribution in [2.75, 3.05) is 0 Å². The Bertz CT molecular complexity index is 644. The summed E-state index contributed by atoms with van der Waals surface area (Å²) in [5.74, 6) is -3.34. The third-order valence-corrected chi connectivity index (χ3v) is 4.20. The van der Waals surface area contributed by atoms with E-state index in [0.29, 0.717) is 18.6 Å². The number of halogens is 3. The van der Waals surface area contributed by atoms with Crippen LogP contribution < -0.4 is 5.32 Å². The van der Waals surface area contributed by atoms with Crippen LogP contribution in [0.5, 0.6) is 0 Å². The molecule has 0 aliphatic carbocycles. The monoisotopic (exact) mass is 325 g/mol. The normalized spacial score (nSPS) is 12.3. The Morgan fingerprint density at radius 2 is 1.85 bits per heavy atom. The van der Waals surface area contributed by atoms with Crippen molar-refractivity contribution < 1.29 is 22.0 Å². The van der Waals surface area contributed by atoms with Gasteiger partial charge in [0.25, 0.3) is 15.0 Å². The lowest BCUT2D eigenvalue weighted by Crippen LogP contribution is -2.43. The zero-order valence-corrected chi connectivity index (χ0v) is 12.7. The van der Waals surface area contributed by atoms with E-state index in [0.717, 1.165) is 0 Å². The van der Waals surface area contributed by atoms with Crippen molar-refractivity contribution in [3.63, 3.8) is 0 Å². The van der Waals surface area contributed by atoms with E-state index in [1.165, 1.54) is 0 Å². The van der Waals surface area contributed by atoms with Crippen LogP contribution in [0.3, 0.4) is 0 Å². The Morgan fingerprint density at radius 1 is 1.30 bits per heavy atom. The topological polar surface area (TPSA) is 63.2 Å². The summed E-state index contributed by atoms with van der Waals surface area (Å²) in [6.07, 6.45) is 0.572. The lowest BCUT2D eigenvalue weighted by molar-refractivity contribution is 0.0906. The lowest BCUT2D eigenvalue weighted by Gasteiger charge is -2.24. The average Bonchev–Trinajstić information content (AvgIpc) is 2.26. The molecule has 0 saturated heterocycles. The molecule has 1 N–H and O–H groups in total. The van der Waals surface area contributed by atoms with E-state index in [1.807, 2.05) is 6.92 Å². The highest BCUT2D eigenvalue weighted by Gasteiger charge is 2.25. The highest BCUT2D eigenvalue weighted by Crippen LogP contribution is 2.23. The van der Waals surface area contributed by atoms with Gasteiger partial charge in [-0.2, -0.15) is 0 Å². The molecular weight excluding hydrogens is 312 g/mol. The van der Waals surface area contributed by atoms with Crippen molar-refractivity contribution in [3.8, 4) is 0 Å². The SMILES string of the molecule is CCC(C)(C)NC(=O)c1cc(S(=O)(=O)Cl)c(F)cc1F. The van der Waals surface area contributed by atoms with Crippen LogP contribution >= 0.6 is 10.7 Å². The van der Waals surface area contributed by atoms with E-state index in [9.17, 15) is 22.0 Å². The molecule has 4 nitrogen and oxygen atoms in total. The first-order valence-electron chi connectivity index (χ1n) is 5.74. The van der Waals surface area contributed by atoms with Gasteiger partial charge < -0.3 is 5.32 Å². The molecular formula is C12H14ClF2NO3S. The number of carbonyl (C=O) groups is 1. The van der Waals surface area contributed by atoms with Gasteiger partial charge >= 0.3 is 0 Å². The fraction of sp³-hybridized carbons (Fsp3) is 0.417. The quantitative estimate of drug-likeness (QED) is 0.866. The molecule has 0 atom stereocenters. The van der Waals surface area contributed by atoms with Gasteiger partial charge in [-0.1, -0.05) is 6.92 Å². The largest absolute Gasteiger partial charge is 0.347 e. The number of hydrogen-bond acceptors (Lipinski definition) is 3. The van der Waals surface area contributed by atoms with E-state index < -0.39 is 42.6 Å². The van der Waals surface area contributed by atoms with Crippen LogP contribution in [0, 0.1) is 11.6 Å². The van der Waals surface area contributed by atoms with E-state index >= 15 is 0 Å². The number of hydrogen-bond donors (Lipinski definition) is 1. The molecule has 0 heterocycles. The number of rotatable bonds is 4. The third kappa shape index (κ3) is 3.89. The predicted molar refractivity (Wildman–Crippen MR) is 71.2 cm³/mol. The molecule has 1 aromatic rings. The molecule has 0 bridgehead atoms. The Morgan fingerprint density at radius 3 is 2.30 bits per heavy atom. The van der Waals surface area contributed by atoms with Crippen LogP contribution in [0.4, 0.5) is 8.78 Å². The molecule has 1 amide bonds. The van der Waals surface area contributed by atoms with Crippen molar-refractivity contribution in [2.45, 2.75) is 37.6 Å². The molecule has 0 fully saturated rings. The van der Waals surface area contributed by atoms with Gasteiger partial charge in [-0.05, 0) is 26.3 Å². The van der Waals surface area contributed by atoms with Crippen LogP contribution in [-0.2, 0) is 9.05 Å². The molecule has 1 rings (SSSR count). The summed E-state index contributed by atoms with van der Waals surface area (Å²) in [7, 11) is 0.626. The maximum absolute atomic E-state index is 13.6. The third-order valence-electron chi connectivity index (χ3n) is 2.86. The zero-order valence-electron chi connectivity index (χ0n) is 11.1. The van der Waals surface area contributed by atoms with Crippen molar-refractivity contribution >= 4 is 25.6 Å². The van der Waals surface area contributed by atoms with Gasteiger partial charge in [-0.3, -0.25) is 4.79 Å². The van der Waals surface area contributed by atoms with Gasteiger partial charge in [-0.15, -0.1) is 0 Å². The first kappa shape index (κ1) is 16.8. The summed E-state index contributed by atoms with van der Waals surface area (Å²) in [5, 5.41) is 2.52. The van der Waals surface area contributed by atoms with Gasteiger partial charge in [-0.25, -0.2) is 17.2 Å². The molecule has 20 heavy (non-hydrogen) atoms. The Balaban J connectivity index is 3.30. The molecule has 0 saturated carbocycles. The van der Waals surface area contributed by atoms with Crippen molar-refractivity contribution in [1.82, 2.24) is 5.32 Å². The first-order chi connectivity index (χ1) is 8.98. The smallest absolute Gasteiger partial charge is 0.264 e. The lowest BCUT2D eigenvalue weighted by atomic mass is 10.0. The summed E-state index contributed by atoms with van der Waals surface area (Å²) >= 11 is 0. The minimum absolute atomic E-state index is 0.323. The minimum Gasteiger partial charge on any atom is -0.347 e. The Labute approximate surface area is 120 Å².